The molecule has 298 valence electrons. The first-order valence-electron chi connectivity index (χ1n) is 20.6. The maximum absolute atomic E-state index is 12.4. The zero-order valence-corrected chi connectivity index (χ0v) is 33.4. The van der Waals surface area contributed by atoms with Gasteiger partial charge in [0.25, 0.3) is 0 Å². The molecule has 0 amide bonds. The topological polar surface area (TPSA) is 130 Å². The van der Waals surface area contributed by atoms with Gasteiger partial charge in [0, 0.05) is 13.0 Å². The van der Waals surface area contributed by atoms with Crippen LogP contribution in [0.4, 0.5) is 0 Å². The maximum Gasteiger partial charge on any atom is 0.472 e. The number of hydrogen-bond donors (Lipinski definition) is 2. The van der Waals surface area contributed by atoms with Crippen LogP contribution in [0.25, 0.3) is 0 Å². The van der Waals surface area contributed by atoms with Crippen LogP contribution < -0.4 is 5.73 Å². The Morgan fingerprint density at radius 1 is 0.706 bits per heavy atom. The Morgan fingerprint density at radius 3 is 1.92 bits per heavy atom. The molecule has 1 heterocycles. The molecule has 0 aromatic rings. The van der Waals surface area contributed by atoms with Crippen molar-refractivity contribution in [2.24, 2.45) is 5.73 Å². The van der Waals surface area contributed by atoms with Crippen molar-refractivity contribution in [2.75, 3.05) is 26.4 Å². The molecule has 0 radical (unpaired) electrons. The van der Waals surface area contributed by atoms with E-state index in [0.717, 1.165) is 57.8 Å². The number of ether oxygens (including phenoxy) is 3. The number of nitrogens with two attached hydrogens (primary N) is 1. The van der Waals surface area contributed by atoms with Gasteiger partial charge in [-0.05, 0) is 76.7 Å². The molecule has 3 unspecified atom stereocenters. The molecule has 10 heteroatoms. The molecule has 1 rings (SSSR count). The standard InChI is InChI=1S/C41H76NO8P/c1-3-5-7-9-11-12-13-14-15-16-17-18-19-20-25-29-34-46-38(37-49-51(44,45)48-35-33-42)36-47-41(43)32-28-24-21-23-27-31-40-39(50-40)30-26-22-10-8-6-4-2/h12-13,22,26,29,34,38-40H,3-11,14-21,23-25,27-28,30-33,35-37,42H2,1-2H3,(H,44,45)/b13-12-,26-22-,34-29+/t38-,39?,40?/m1/s1. The van der Waals surface area contributed by atoms with Gasteiger partial charge < -0.3 is 24.8 Å². The first kappa shape index (κ1) is 47.5. The predicted octanol–water partition coefficient (Wildman–Crippen LogP) is 11.2. The summed E-state index contributed by atoms with van der Waals surface area (Å²) in [5.41, 5.74) is 5.36. The Labute approximate surface area is 312 Å². The van der Waals surface area contributed by atoms with Crippen LogP contribution >= 0.6 is 7.82 Å². The number of esters is 1. The minimum absolute atomic E-state index is 0.0788. The average Bonchev–Trinajstić information content (AvgIpc) is 3.88. The van der Waals surface area contributed by atoms with Crippen molar-refractivity contribution in [3.63, 3.8) is 0 Å². The third-order valence-corrected chi connectivity index (χ3v) is 10.0. The third kappa shape index (κ3) is 31.7. The molecule has 4 atom stereocenters. The molecule has 1 aliphatic rings. The summed E-state index contributed by atoms with van der Waals surface area (Å²) in [7, 11) is -4.27. The molecule has 1 saturated heterocycles. The quantitative estimate of drug-likeness (QED) is 0.0159. The Hall–Kier alpha value is -1.48. The lowest BCUT2D eigenvalue weighted by Crippen LogP contribution is -2.25. The first-order chi connectivity index (χ1) is 24.9. The number of hydrogen-bond acceptors (Lipinski definition) is 8. The molecular formula is C41H76NO8P. The van der Waals surface area contributed by atoms with Crippen LogP contribution in [0.3, 0.4) is 0 Å². The van der Waals surface area contributed by atoms with Gasteiger partial charge in [-0.3, -0.25) is 13.8 Å². The number of epoxide rings is 1. The Balaban J connectivity index is 2.17. The van der Waals surface area contributed by atoms with Crippen molar-refractivity contribution in [3.05, 3.63) is 36.6 Å². The van der Waals surface area contributed by atoms with Crippen LogP contribution in [0.1, 0.15) is 174 Å². The van der Waals surface area contributed by atoms with E-state index >= 15 is 0 Å². The zero-order chi connectivity index (χ0) is 37.1. The highest BCUT2D eigenvalue weighted by molar-refractivity contribution is 7.47. The molecular weight excluding hydrogens is 665 g/mol. The zero-order valence-electron chi connectivity index (χ0n) is 32.5. The maximum atomic E-state index is 12.4. The van der Waals surface area contributed by atoms with Gasteiger partial charge in [-0.2, -0.15) is 0 Å². The smallest absolute Gasteiger partial charge is 0.472 e. The van der Waals surface area contributed by atoms with Gasteiger partial charge in [0.2, 0.25) is 0 Å². The number of phosphoric ester groups is 1. The predicted molar refractivity (Wildman–Crippen MR) is 209 cm³/mol. The first-order valence-corrected chi connectivity index (χ1v) is 22.1. The third-order valence-electron chi connectivity index (χ3n) is 9.04. The second kappa shape index (κ2) is 34.3. The number of carbonyl (C=O) groups is 1. The summed E-state index contributed by atoms with van der Waals surface area (Å²) in [4.78, 5) is 22.3. The molecule has 51 heavy (non-hydrogen) atoms. The monoisotopic (exact) mass is 742 g/mol. The van der Waals surface area contributed by atoms with E-state index < -0.39 is 13.9 Å². The van der Waals surface area contributed by atoms with E-state index in [2.05, 4.69) is 38.2 Å². The molecule has 1 fully saturated rings. The number of carbonyl (C=O) groups excluding carboxylic acids is 1. The Kier molecular flexibility index (Phi) is 32.0. The molecule has 9 nitrogen and oxygen atoms in total. The fraction of sp³-hybridized carbons (Fsp3) is 0.829. The van der Waals surface area contributed by atoms with Gasteiger partial charge in [-0.25, -0.2) is 4.57 Å². The van der Waals surface area contributed by atoms with Gasteiger partial charge in [0.15, 0.2) is 6.10 Å². The summed E-state index contributed by atoms with van der Waals surface area (Å²) < 4.78 is 39.0. The van der Waals surface area contributed by atoms with Crippen LogP contribution in [-0.4, -0.2) is 55.5 Å². The van der Waals surface area contributed by atoms with Gasteiger partial charge >= 0.3 is 13.8 Å². The summed E-state index contributed by atoms with van der Waals surface area (Å²) in [6.45, 7) is 4.14. The minimum atomic E-state index is -4.27. The van der Waals surface area contributed by atoms with Crippen LogP contribution in [0.2, 0.25) is 0 Å². The molecule has 0 bridgehead atoms. The number of phosphoric acid groups is 1. The van der Waals surface area contributed by atoms with Crippen LogP contribution in [0.5, 0.6) is 0 Å². The van der Waals surface area contributed by atoms with Crippen molar-refractivity contribution in [2.45, 2.75) is 193 Å². The summed E-state index contributed by atoms with van der Waals surface area (Å²) in [6, 6.07) is 0. The lowest BCUT2D eigenvalue weighted by atomic mass is 10.1. The molecule has 0 saturated carbocycles. The molecule has 0 aromatic heterocycles. The largest absolute Gasteiger partial charge is 0.492 e. The van der Waals surface area contributed by atoms with Gasteiger partial charge in [-0.15, -0.1) is 0 Å². The van der Waals surface area contributed by atoms with E-state index in [-0.39, 0.29) is 32.3 Å². The second-order valence-corrected chi connectivity index (χ2v) is 15.4. The highest BCUT2D eigenvalue weighted by atomic mass is 31.2. The van der Waals surface area contributed by atoms with E-state index in [1.165, 1.54) is 96.3 Å². The van der Waals surface area contributed by atoms with Crippen LogP contribution in [0, 0.1) is 0 Å². The van der Waals surface area contributed by atoms with Crippen molar-refractivity contribution in [1.29, 1.82) is 0 Å². The highest BCUT2D eigenvalue weighted by Gasteiger charge is 2.36. The highest BCUT2D eigenvalue weighted by Crippen LogP contribution is 2.43. The fourth-order valence-electron chi connectivity index (χ4n) is 5.80. The summed E-state index contributed by atoms with van der Waals surface area (Å²) >= 11 is 0. The summed E-state index contributed by atoms with van der Waals surface area (Å²) in [6.07, 6.45) is 41.3. The molecule has 0 aromatic carbocycles. The number of allylic oxidation sites excluding steroid dienone is 4. The van der Waals surface area contributed by atoms with Gasteiger partial charge in [0.1, 0.15) is 6.61 Å². The normalized spacial score (nSPS) is 17.8. The van der Waals surface area contributed by atoms with E-state index in [0.29, 0.717) is 18.6 Å². The summed E-state index contributed by atoms with van der Waals surface area (Å²) in [5, 5.41) is 0. The van der Waals surface area contributed by atoms with Crippen molar-refractivity contribution in [1.82, 2.24) is 0 Å². The van der Waals surface area contributed by atoms with Crippen molar-refractivity contribution >= 4 is 13.8 Å². The number of rotatable bonds is 38. The van der Waals surface area contributed by atoms with Gasteiger partial charge in [0.05, 0.1) is 31.7 Å². The van der Waals surface area contributed by atoms with Crippen LogP contribution in [-0.2, 0) is 32.6 Å². The van der Waals surface area contributed by atoms with Gasteiger partial charge in [-0.1, -0.05) is 122 Å². The van der Waals surface area contributed by atoms with E-state index in [1.807, 2.05) is 6.08 Å². The molecule has 1 aliphatic heterocycles. The summed E-state index contributed by atoms with van der Waals surface area (Å²) in [5.74, 6) is -0.311. The number of unbranched alkanes of at least 4 members (excludes halogenated alkanes) is 18. The Morgan fingerprint density at radius 2 is 1.25 bits per heavy atom. The molecule has 3 N–H and O–H groups in total. The lowest BCUT2D eigenvalue weighted by Gasteiger charge is -2.19. The van der Waals surface area contributed by atoms with E-state index in [1.54, 1.807) is 6.26 Å². The molecule has 0 spiro atoms. The van der Waals surface area contributed by atoms with Crippen molar-refractivity contribution in [3.8, 4) is 0 Å². The Bertz CT molecular complexity index is 943. The van der Waals surface area contributed by atoms with E-state index in [9.17, 15) is 14.3 Å². The fourth-order valence-corrected chi connectivity index (χ4v) is 6.57. The van der Waals surface area contributed by atoms with E-state index in [4.69, 9.17) is 29.0 Å². The minimum Gasteiger partial charge on any atom is -0.492 e. The van der Waals surface area contributed by atoms with Crippen LogP contribution in [0.15, 0.2) is 36.6 Å². The SMILES string of the molecule is CCCCC/C=C\CC1OC1CCCCCCCC(=O)OC[C@H](COP(=O)(O)OCCN)O/C=C/CCCCCCCC/C=C\CCCCCC. The lowest BCUT2D eigenvalue weighted by molar-refractivity contribution is -0.147. The second-order valence-electron chi connectivity index (χ2n) is 13.9. The molecule has 0 aliphatic carbocycles. The van der Waals surface area contributed by atoms with Crippen molar-refractivity contribution < 1.29 is 37.5 Å². The average molecular weight is 742 g/mol.